The third-order valence-electron chi connectivity index (χ3n) is 4.92. The van der Waals surface area contributed by atoms with Gasteiger partial charge in [0.2, 0.25) is 10.0 Å². The summed E-state index contributed by atoms with van der Waals surface area (Å²) in [6.45, 7) is 5.94. The number of nitrogens with two attached hydrogens (primary N) is 1. The van der Waals surface area contributed by atoms with Crippen LogP contribution in [0.25, 0.3) is 0 Å². The third-order valence-corrected chi connectivity index (χ3v) is 6.77. The Morgan fingerprint density at radius 1 is 1.22 bits per heavy atom. The second kappa shape index (κ2) is 6.42. The lowest BCUT2D eigenvalue weighted by molar-refractivity contribution is 0.271. The lowest BCUT2D eigenvalue weighted by atomic mass is 9.98. The zero-order valence-corrected chi connectivity index (χ0v) is 14.6. The molecule has 0 aromatic heterocycles. The Labute approximate surface area is 138 Å². The molecule has 3 rings (SSSR count). The summed E-state index contributed by atoms with van der Waals surface area (Å²) in [4.78, 5) is 0.336. The number of benzene rings is 1. The zero-order valence-electron chi connectivity index (χ0n) is 13.8. The summed E-state index contributed by atoms with van der Waals surface area (Å²) in [5.74, 6) is 1.89. The first-order valence-corrected chi connectivity index (χ1v) is 9.80. The molecule has 1 aliphatic carbocycles. The fourth-order valence-corrected chi connectivity index (χ4v) is 5.12. The van der Waals surface area contributed by atoms with E-state index in [0.29, 0.717) is 48.1 Å². The first-order chi connectivity index (χ1) is 10.9. The van der Waals surface area contributed by atoms with Gasteiger partial charge in [-0.15, -0.1) is 0 Å². The van der Waals surface area contributed by atoms with Crippen LogP contribution >= 0.6 is 0 Å². The maximum absolute atomic E-state index is 12.8. The van der Waals surface area contributed by atoms with Crippen LogP contribution in [0.15, 0.2) is 29.2 Å². The standard InChI is InChI=1S/C17H26N2O3S/c1-12(2)11-22-14-4-6-15(7-5-14)23(20,21)19-9-13-3-8-17(18)16(13)10-19/h4-7,12-13,16-17H,3,8-11,18H2,1-2H3. The Bertz CT molecular complexity index is 642. The fourth-order valence-electron chi connectivity index (χ4n) is 3.58. The second-order valence-electron chi connectivity index (χ2n) is 7.16. The Morgan fingerprint density at radius 2 is 1.91 bits per heavy atom. The molecule has 6 heteroatoms. The number of sulfonamides is 1. The molecule has 23 heavy (non-hydrogen) atoms. The SMILES string of the molecule is CC(C)COc1ccc(S(=O)(=O)N2CC3CCC(N)C3C2)cc1. The number of ether oxygens (including phenoxy) is 1. The number of hydrogen-bond acceptors (Lipinski definition) is 4. The van der Waals surface area contributed by atoms with E-state index in [1.165, 1.54) is 0 Å². The van der Waals surface area contributed by atoms with Crippen LogP contribution in [0.5, 0.6) is 5.75 Å². The maximum Gasteiger partial charge on any atom is 0.243 e. The van der Waals surface area contributed by atoms with E-state index in [2.05, 4.69) is 13.8 Å². The Kier molecular flexibility index (Phi) is 4.67. The molecular formula is C17H26N2O3S. The van der Waals surface area contributed by atoms with E-state index in [-0.39, 0.29) is 6.04 Å². The Morgan fingerprint density at radius 3 is 2.52 bits per heavy atom. The number of fused-ring (bicyclic) bond motifs is 1. The molecule has 0 spiro atoms. The van der Waals surface area contributed by atoms with Crippen molar-refractivity contribution in [3.63, 3.8) is 0 Å². The van der Waals surface area contributed by atoms with Crippen molar-refractivity contribution in [3.8, 4) is 5.75 Å². The Hall–Kier alpha value is -1.11. The highest BCUT2D eigenvalue weighted by atomic mass is 32.2. The van der Waals surface area contributed by atoms with Crippen molar-refractivity contribution in [3.05, 3.63) is 24.3 Å². The van der Waals surface area contributed by atoms with Gasteiger partial charge < -0.3 is 10.5 Å². The summed E-state index contributed by atoms with van der Waals surface area (Å²) in [5, 5.41) is 0. The number of hydrogen-bond donors (Lipinski definition) is 1. The van der Waals surface area contributed by atoms with Crippen LogP contribution in [0.1, 0.15) is 26.7 Å². The predicted octanol–water partition coefficient (Wildman–Crippen LogP) is 2.08. The van der Waals surface area contributed by atoms with Crippen molar-refractivity contribution in [2.24, 2.45) is 23.5 Å². The van der Waals surface area contributed by atoms with Crippen molar-refractivity contribution in [1.29, 1.82) is 0 Å². The molecule has 3 unspecified atom stereocenters. The van der Waals surface area contributed by atoms with Crippen molar-refractivity contribution in [2.75, 3.05) is 19.7 Å². The van der Waals surface area contributed by atoms with E-state index >= 15 is 0 Å². The van der Waals surface area contributed by atoms with Gasteiger partial charge in [-0.05, 0) is 54.9 Å². The molecule has 1 heterocycles. The normalized spacial score (nSPS) is 28.3. The smallest absolute Gasteiger partial charge is 0.243 e. The van der Waals surface area contributed by atoms with Gasteiger partial charge in [-0.2, -0.15) is 4.31 Å². The lowest BCUT2D eigenvalue weighted by Crippen LogP contribution is -2.33. The van der Waals surface area contributed by atoms with E-state index in [0.717, 1.165) is 12.8 Å². The van der Waals surface area contributed by atoms with Crippen molar-refractivity contribution < 1.29 is 13.2 Å². The molecule has 0 bridgehead atoms. The molecule has 1 aliphatic heterocycles. The van der Waals surface area contributed by atoms with Crippen LogP contribution in [-0.4, -0.2) is 38.5 Å². The van der Waals surface area contributed by atoms with Crippen molar-refractivity contribution in [2.45, 2.75) is 37.6 Å². The number of rotatable bonds is 5. The zero-order chi connectivity index (χ0) is 16.6. The van der Waals surface area contributed by atoms with Crippen molar-refractivity contribution in [1.82, 2.24) is 4.31 Å². The molecule has 1 aromatic rings. The van der Waals surface area contributed by atoms with E-state index in [9.17, 15) is 8.42 Å². The molecular weight excluding hydrogens is 312 g/mol. The largest absolute Gasteiger partial charge is 0.493 e. The molecule has 5 nitrogen and oxygen atoms in total. The average Bonchev–Trinajstić information content (AvgIpc) is 3.09. The van der Waals surface area contributed by atoms with Gasteiger partial charge in [-0.1, -0.05) is 13.8 Å². The van der Waals surface area contributed by atoms with Crippen LogP contribution in [0, 0.1) is 17.8 Å². The monoisotopic (exact) mass is 338 g/mol. The third kappa shape index (κ3) is 3.39. The minimum Gasteiger partial charge on any atom is -0.493 e. The quantitative estimate of drug-likeness (QED) is 0.892. The molecule has 2 aliphatic rings. The first-order valence-electron chi connectivity index (χ1n) is 8.36. The van der Waals surface area contributed by atoms with E-state index < -0.39 is 10.0 Å². The highest BCUT2D eigenvalue weighted by molar-refractivity contribution is 7.89. The molecule has 0 amide bonds. The van der Waals surface area contributed by atoms with Gasteiger partial charge in [0.1, 0.15) is 5.75 Å². The fraction of sp³-hybridized carbons (Fsp3) is 0.647. The minimum atomic E-state index is -3.43. The first kappa shape index (κ1) is 16.7. The minimum absolute atomic E-state index is 0.145. The lowest BCUT2D eigenvalue weighted by Gasteiger charge is -2.19. The average molecular weight is 338 g/mol. The van der Waals surface area contributed by atoms with Crippen molar-refractivity contribution >= 4 is 10.0 Å². The molecule has 1 saturated heterocycles. The van der Waals surface area contributed by atoms with Gasteiger partial charge in [0, 0.05) is 19.1 Å². The van der Waals surface area contributed by atoms with Crippen LogP contribution in [-0.2, 0) is 10.0 Å². The maximum atomic E-state index is 12.8. The van der Waals surface area contributed by atoms with Crippen LogP contribution in [0.2, 0.25) is 0 Å². The topological polar surface area (TPSA) is 72.6 Å². The highest BCUT2D eigenvalue weighted by Gasteiger charge is 2.44. The molecule has 1 saturated carbocycles. The van der Waals surface area contributed by atoms with Gasteiger partial charge in [-0.25, -0.2) is 8.42 Å². The van der Waals surface area contributed by atoms with Gasteiger partial charge in [0.15, 0.2) is 0 Å². The molecule has 0 radical (unpaired) electrons. The van der Waals surface area contributed by atoms with Crippen LogP contribution in [0.3, 0.4) is 0 Å². The molecule has 2 fully saturated rings. The van der Waals surface area contributed by atoms with E-state index in [1.54, 1.807) is 28.6 Å². The second-order valence-corrected chi connectivity index (χ2v) is 9.10. The van der Waals surface area contributed by atoms with E-state index in [4.69, 9.17) is 10.5 Å². The summed E-state index contributed by atoms with van der Waals surface area (Å²) >= 11 is 0. The molecule has 1 aromatic carbocycles. The summed E-state index contributed by atoms with van der Waals surface area (Å²) in [6, 6.07) is 6.89. The summed E-state index contributed by atoms with van der Waals surface area (Å²) in [5.41, 5.74) is 6.10. The van der Waals surface area contributed by atoms with Gasteiger partial charge in [0.05, 0.1) is 11.5 Å². The van der Waals surface area contributed by atoms with E-state index in [1.807, 2.05) is 0 Å². The summed E-state index contributed by atoms with van der Waals surface area (Å²) in [6.07, 6.45) is 2.06. The Balaban J connectivity index is 1.70. The van der Waals surface area contributed by atoms with Gasteiger partial charge >= 0.3 is 0 Å². The summed E-state index contributed by atoms with van der Waals surface area (Å²) < 4.78 is 32.8. The molecule has 2 N–H and O–H groups in total. The van der Waals surface area contributed by atoms with Gasteiger partial charge in [-0.3, -0.25) is 0 Å². The number of nitrogens with zero attached hydrogens (tertiary/aromatic N) is 1. The van der Waals surface area contributed by atoms with Crippen LogP contribution < -0.4 is 10.5 Å². The molecule has 3 atom stereocenters. The summed E-state index contributed by atoms with van der Waals surface area (Å²) in [7, 11) is -3.43. The van der Waals surface area contributed by atoms with Gasteiger partial charge in [0.25, 0.3) is 0 Å². The molecule has 128 valence electrons. The predicted molar refractivity (Wildman–Crippen MR) is 89.7 cm³/mol. The van der Waals surface area contributed by atoms with Crippen LogP contribution in [0.4, 0.5) is 0 Å². The highest BCUT2D eigenvalue weighted by Crippen LogP contribution is 2.39.